The van der Waals surface area contributed by atoms with Crippen LogP contribution in [0.25, 0.3) is 0 Å². The highest BCUT2D eigenvalue weighted by Crippen LogP contribution is 2.56. The predicted molar refractivity (Wildman–Crippen MR) is 106 cm³/mol. The van der Waals surface area contributed by atoms with Gasteiger partial charge in [0.15, 0.2) is 0 Å². The van der Waals surface area contributed by atoms with E-state index in [0.717, 1.165) is 11.3 Å². The molecule has 127 valence electrons. The summed E-state index contributed by atoms with van der Waals surface area (Å²) < 4.78 is 0. The molecule has 0 aromatic heterocycles. The van der Waals surface area contributed by atoms with Gasteiger partial charge in [0.1, 0.15) is 0 Å². The molecule has 1 aromatic carbocycles. The Morgan fingerprint density at radius 2 is 1.21 bits per heavy atom. The van der Waals surface area contributed by atoms with Crippen molar-refractivity contribution >= 4 is 13.2 Å². The lowest BCUT2D eigenvalue weighted by molar-refractivity contribution is 0.487. The van der Waals surface area contributed by atoms with Crippen LogP contribution in [0.3, 0.4) is 0 Å². The van der Waals surface area contributed by atoms with Crippen molar-refractivity contribution < 1.29 is 0 Å². The number of hydrogen-bond donors (Lipinski definition) is 0. The third-order valence-electron chi connectivity index (χ3n) is 6.09. The van der Waals surface area contributed by atoms with Crippen LogP contribution in [0.5, 0.6) is 0 Å². The van der Waals surface area contributed by atoms with Gasteiger partial charge < -0.3 is 0 Å². The van der Waals surface area contributed by atoms with Crippen molar-refractivity contribution in [1.29, 1.82) is 0 Å². The van der Waals surface area contributed by atoms with Gasteiger partial charge in [-0.05, 0) is 73.6 Å². The molecular weight excluding hydrogens is 307 g/mol. The third-order valence-corrected chi connectivity index (χ3v) is 9.64. The molecule has 0 N–H and O–H groups in total. The van der Waals surface area contributed by atoms with Gasteiger partial charge >= 0.3 is 0 Å². The Kier molecular flexibility index (Phi) is 5.95. The summed E-state index contributed by atoms with van der Waals surface area (Å²) in [5.41, 5.74) is 3.49. The van der Waals surface area contributed by atoms with Crippen LogP contribution in [-0.2, 0) is 0 Å². The fraction of sp³-hybridized carbons (Fsp3) is 0.522. The highest BCUT2D eigenvalue weighted by Gasteiger charge is 2.34. The minimum atomic E-state index is -0.0176. The standard InChI is InChI=1S/C23H30P/c1-3-13-20(14-4-1)24(21-15-5-2-6-16-21)23-18-10-9-17-22(23)19-11-7-8-12-19/h7-12,17-18,20-21H,1-6,13-16H2. The van der Waals surface area contributed by atoms with E-state index in [4.69, 9.17) is 0 Å². The van der Waals surface area contributed by atoms with E-state index in [1.54, 1.807) is 5.30 Å². The second-order valence-electron chi connectivity index (χ2n) is 7.68. The molecule has 0 atom stereocenters. The van der Waals surface area contributed by atoms with Gasteiger partial charge in [-0.3, -0.25) is 0 Å². The maximum Gasteiger partial charge on any atom is 0.0130 e. The number of benzene rings is 1. The number of rotatable bonds is 4. The van der Waals surface area contributed by atoms with Crippen LogP contribution >= 0.6 is 7.92 Å². The average molecular weight is 337 g/mol. The fourth-order valence-corrected chi connectivity index (χ4v) is 8.87. The van der Waals surface area contributed by atoms with Gasteiger partial charge in [-0.15, -0.1) is 0 Å². The highest BCUT2D eigenvalue weighted by molar-refractivity contribution is 7.67. The molecule has 0 unspecified atom stereocenters. The normalized spacial score (nSPS) is 24.7. The molecule has 1 aromatic rings. The molecule has 24 heavy (non-hydrogen) atoms. The van der Waals surface area contributed by atoms with E-state index in [9.17, 15) is 0 Å². The zero-order valence-corrected chi connectivity index (χ0v) is 15.7. The van der Waals surface area contributed by atoms with Gasteiger partial charge in [-0.25, -0.2) is 0 Å². The maximum atomic E-state index is 2.48. The molecule has 0 bridgehead atoms. The Labute approximate surface area is 150 Å². The van der Waals surface area contributed by atoms with Crippen LogP contribution in [0.15, 0.2) is 24.3 Å². The van der Waals surface area contributed by atoms with Gasteiger partial charge in [0.2, 0.25) is 0 Å². The van der Waals surface area contributed by atoms with Gasteiger partial charge in [0.25, 0.3) is 0 Å². The summed E-state index contributed by atoms with van der Waals surface area (Å²) in [5, 5.41) is 1.72. The lowest BCUT2D eigenvalue weighted by atomic mass is 9.97. The van der Waals surface area contributed by atoms with E-state index < -0.39 is 0 Å². The molecule has 0 nitrogen and oxygen atoms in total. The Balaban J connectivity index is 1.66. The SMILES string of the molecule is [CH]1[CH][CH][C](c2ccccc2P(C2CCCCC2)C2CCCCC2)[CH]1. The predicted octanol–water partition coefficient (Wildman–Crippen LogP) is 6.21. The Morgan fingerprint density at radius 3 is 1.79 bits per heavy atom. The molecule has 0 heterocycles. The van der Waals surface area contributed by atoms with Gasteiger partial charge in [0.05, 0.1) is 0 Å². The first-order valence-electron chi connectivity index (χ1n) is 10.0. The zero-order chi connectivity index (χ0) is 16.2. The van der Waals surface area contributed by atoms with Crippen LogP contribution in [0.2, 0.25) is 0 Å². The molecule has 0 spiro atoms. The molecule has 3 saturated carbocycles. The summed E-state index contributed by atoms with van der Waals surface area (Å²) in [5.74, 6) is 1.43. The highest BCUT2D eigenvalue weighted by atomic mass is 31.1. The van der Waals surface area contributed by atoms with Gasteiger partial charge in [-0.2, -0.15) is 0 Å². The minimum Gasteiger partial charge on any atom is -0.0686 e. The first-order valence-corrected chi connectivity index (χ1v) is 11.5. The van der Waals surface area contributed by atoms with Crippen LogP contribution < -0.4 is 5.30 Å². The van der Waals surface area contributed by atoms with E-state index in [1.165, 1.54) is 75.7 Å². The van der Waals surface area contributed by atoms with Crippen molar-refractivity contribution in [2.24, 2.45) is 0 Å². The largest absolute Gasteiger partial charge is 0.0686 e. The van der Waals surface area contributed by atoms with Crippen molar-refractivity contribution in [2.75, 3.05) is 0 Å². The summed E-state index contributed by atoms with van der Waals surface area (Å²) in [6, 6.07) is 9.40. The Hall–Kier alpha value is -0.350. The molecule has 3 aliphatic rings. The quantitative estimate of drug-likeness (QED) is 0.573. The molecule has 0 amide bonds. The summed E-state index contributed by atoms with van der Waals surface area (Å²) in [6.45, 7) is 0. The summed E-state index contributed by atoms with van der Waals surface area (Å²) >= 11 is 0. The summed E-state index contributed by atoms with van der Waals surface area (Å²) in [4.78, 5) is 0. The van der Waals surface area contributed by atoms with Crippen molar-refractivity contribution in [3.05, 3.63) is 61.4 Å². The van der Waals surface area contributed by atoms with Gasteiger partial charge in [-0.1, -0.05) is 70.7 Å². The molecule has 5 radical (unpaired) electrons. The smallest absolute Gasteiger partial charge is 0.0130 e. The van der Waals surface area contributed by atoms with Crippen LogP contribution in [-0.4, -0.2) is 11.3 Å². The monoisotopic (exact) mass is 337 g/mol. The Bertz CT molecular complexity index is 487. The van der Waals surface area contributed by atoms with Crippen LogP contribution in [0.4, 0.5) is 0 Å². The molecule has 3 aliphatic carbocycles. The summed E-state index contributed by atoms with van der Waals surface area (Å²) in [6.07, 6.45) is 23.7. The molecule has 1 heteroatoms. The van der Waals surface area contributed by atoms with Crippen molar-refractivity contribution in [2.45, 2.75) is 75.5 Å². The molecule has 3 fully saturated rings. The number of hydrogen-bond acceptors (Lipinski definition) is 0. The first kappa shape index (κ1) is 17.1. The first-order chi connectivity index (χ1) is 11.9. The third kappa shape index (κ3) is 3.75. The Morgan fingerprint density at radius 1 is 0.667 bits per heavy atom. The van der Waals surface area contributed by atoms with E-state index in [1.807, 2.05) is 0 Å². The van der Waals surface area contributed by atoms with E-state index in [2.05, 4.69) is 49.9 Å². The van der Waals surface area contributed by atoms with E-state index in [-0.39, 0.29) is 7.92 Å². The lowest BCUT2D eigenvalue weighted by Crippen LogP contribution is -2.28. The van der Waals surface area contributed by atoms with Crippen LogP contribution in [0.1, 0.15) is 69.8 Å². The van der Waals surface area contributed by atoms with E-state index in [0.29, 0.717) is 0 Å². The molecule has 0 saturated heterocycles. The summed E-state index contributed by atoms with van der Waals surface area (Å²) in [7, 11) is -0.0176. The molecular formula is C23H30P. The lowest BCUT2D eigenvalue weighted by Gasteiger charge is -2.40. The minimum absolute atomic E-state index is 0.0176. The fourth-order valence-electron chi connectivity index (χ4n) is 4.91. The average Bonchev–Trinajstić information content (AvgIpc) is 3.19. The molecule has 4 rings (SSSR count). The second-order valence-corrected chi connectivity index (χ2v) is 10.4. The topological polar surface area (TPSA) is 0 Å². The van der Waals surface area contributed by atoms with Crippen molar-refractivity contribution in [1.82, 2.24) is 0 Å². The van der Waals surface area contributed by atoms with E-state index >= 15 is 0 Å². The van der Waals surface area contributed by atoms with Crippen LogP contribution in [0, 0.1) is 31.6 Å². The maximum absolute atomic E-state index is 2.48. The van der Waals surface area contributed by atoms with Crippen molar-refractivity contribution in [3.8, 4) is 0 Å². The molecule has 0 aliphatic heterocycles. The van der Waals surface area contributed by atoms with Gasteiger partial charge in [0, 0.05) is 5.92 Å². The second kappa shape index (κ2) is 8.35. The van der Waals surface area contributed by atoms with Crippen molar-refractivity contribution in [3.63, 3.8) is 0 Å². The zero-order valence-electron chi connectivity index (χ0n) is 14.8.